The van der Waals surface area contributed by atoms with E-state index < -0.39 is 12.2 Å². The third-order valence-electron chi connectivity index (χ3n) is 6.06. The number of nitrogens with zero attached hydrogens (tertiary/aromatic N) is 3. The average Bonchev–Trinajstić information content (AvgIpc) is 2.92. The van der Waals surface area contributed by atoms with Crippen molar-refractivity contribution in [3.05, 3.63) is 47.2 Å². The molecule has 1 N–H and O–H groups in total. The first-order valence-corrected chi connectivity index (χ1v) is 9.72. The molecule has 1 aliphatic carbocycles. The van der Waals surface area contributed by atoms with Gasteiger partial charge in [-0.05, 0) is 56.9 Å². The monoisotopic (exact) mass is 401 g/mol. The molecular formula is C22H22F3N3O. The van der Waals surface area contributed by atoms with Crippen LogP contribution < -0.4 is 0 Å². The van der Waals surface area contributed by atoms with Crippen LogP contribution in [0, 0.1) is 18.3 Å². The van der Waals surface area contributed by atoms with E-state index in [1.54, 1.807) is 31.2 Å². The second-order valence-corrected chi connectivity index (χ2v) is 7.80. The van der Waals surface area contributed by atoms with Crippen molar-refractivity contribution in [2.45, 2.75) is 51.4 Å². The van der Waals surface area contributed by atoms with Crippen LogP contribution in [0.3, 0.4) is 0 Å². The Morgan fingerprint density at radius 3 is 2.59 bits per heavy atom. The summed E-state index contributed by atoms with van der Waals surface area (Å²) in [5, 5.41) is 20.7. The van der Waals surface area contributed by atoms with E-state index in [-0.39, 0.29) is 18.3 Å². The molecule has 0 amide bonds. The Labute approximate surface area is 167 Å². The van der Waals surface area contributed by atoms with Crippen molar-refractivity contribution in [2.75, 3.05) is 6.54 Å². The third kappa shape index (κ3) is 3.07. The summed E-state index contributed by atoms with van der Waals surface area (Å²) in [7, 11) is 0. The fourth-order valence-electron chi connectivity index (χ4n) is 4.12. The lowest BCUT2D eigenvalue weighted by atomic mass is 9.92. The van der Waals surface area contributed by atoms with E-state index in [2.05, 4.69) is 6.07 Å². The molecule has 2 heterocycles. The van der Waals surface area contributed by atoms with Crippen molar-refractivity contribution in [1.82, 2.24) is 9.47 Å². The molecule has 2 aliphatic rings. The number of phenols is 1. The second kappa shape index (κ2) is 6.87. The summed E-state index contributed by atoms with van der Waals surface area (Å²) in [5.74, 6) is 0.0735. The van der Waals surface area contributed by atoms with Gasteiger partial charge in [0.15, 0.2) is 0 Å². The minimum atomic E-state index is -4.39. The van der Waals surface area contributed by atoms with Crippen molar-refractivity contribution in [3.8, 4) is 11.8 Å². The number of fused-ring (bicyclic) bond motifs is 1. The smallest absolute Gasteiger partial charge is 0.408 e. The molecule has 1 saturated carbocycles. The predicted octanol–water partition coefficient (Wildman–Crippen LogP) is 5.42. The fourth-order valence-corrected chi connectivity index (χ4v) is 4.12. The maximum atomic E-state index is 13.6. The number of aryl methyl sites for hydroxylation is 1. The van der Waals surface area contributed by atoms with Gasteiger partial charge in [-0.25, -0.2) is 0 Å². The molecule has 4 rings (SSSR count). The number of rotatable bonds is 3. The predicted molar refractivity (Wildman–Crippen MR) is 105 cm³/mol. The molecule has 2 aromatic rings. The highest BCUT2D eigenvalue weighted by Gasteiger charge is 2.42. The van der Waals surface area contributed by atoms with Crippen LogP contribution in [0.25, 0.3) is 16.6 Å². The van der Waals surface area contributed by atoms with Gasteiger partial charge in [0.2, 0.25) is 0 Å². The number of aromatic hydroxyl groups is 1. The molecule has 0 saturated heterocycles. The molecule has 1 atom stereocenters. The van der Waals surface area contributed by atoms with E-state index in [1.807, 2.05) is 10.6 Å². The van der Waals surface area contributed by atoms with Gasteiger partial charge < -0.3 is 14.6 Å². The van der Waals surface area contributed by atoms with Crippen molar-refractivity contribution in [2.24, 2.45) is 0 Å². The summed E-state index contributed by atoms with van der Waals surface area (Å²) < 4.78 is 42.7. The van der Waals surface area contributed by atoms with Crippen LogP contribution in [0.2, 0.25) is 0 Å². The van der Waals surface area contributed by atoms with Crippen LogP contribution in [-0.2, 0) is 0 Å². The zero-order valence-electron chi connectivity index (χ0n) is 16.3. The van der Waals surface area contributed by atoms with Gasteiger partial charge in [0.05, 0.1) is 22.5 Å². The minimum Gasteiger partial charge on any atom is -0.508 e. The molecule has 0 spiro atoms. The first-order valence-electron chi connectivity index (χ1n) is 9.72. The van der Waals surface area contributed by atoms with E-state index in [4.69, 9.17) is 0 Å². The Balaban J connectivity index is 2.00. The van der Waals surface area contributed by atoms with E-state index in [0.717, 1.165) is 31.7 Å². The molecule has 0 bridgehead atoms. The van der Waals surface area contributed by atoms with E-state index in [9.17, 15) is 23.5 Å². The second-order valence-electron chi connectivity index (χ2n) is 7.80. The summed E-state index contributed by atoms with van der Waals surface area (Å²) >= 11 is 0. The Bertz CT molecular complexity index is 1070. The van der Waals surface area contributed by atoms with Gasteiger partial charge in [-0.2, -0.15) is 18.4 Å². The summed E-state index contributed by atoms with van der Waals surface area (Å²) in [4.78, 5) is 1.30. The third-order valence-corrected chi connectivity index (χ3v) is 6.06. The Kier molecular flexibility index (Phi) is 4.60. The molecule has 29 heavy (non-hydrogen) atoms. The summed E-state index contributed by atoms with van der Waals surface area (Å²) in [6, 6.07) is 4.02. The molecule has 7 heteroatoms. The van der Waals surface area contributed by atoms with Gasteiger partial charge >= 0.3 is 6.18 Å². The van der Waals surface area contributed by atoms with Gasteiger partial charge in [0, 0.05) is 18.0 Å². The number of benzene rings is 1. The van der Waals surface area contributed by atoms with Crippen LogP contribution in [0.1, 0.15) is 49.0 Å². The average molecular weight is 401 g/mol. The number of alkyl halides is 3. The number of allylic oxidation sites excluding steroid dienone is 2. The van der Waals surface area contributed by atoms with Crippen LogP contribution in [0.5, 0.6) is 5.75 Å². The Morgan fingerprint density at radius 2 is 2.00 bits per heavy atom. The summed E-state index contributed by atoms with van der Waals surface area (Å²) in [6.07, 6.45) is 3.57. The van der Waals surface area contributed by atoms with Crippen molar-refractivity contribution < 1.29 is 18.3 Å². The maximum Gasteiger partial charge on any atom is 0.408 e. The normalized spacial score (nSPS) is 18.5. The molecule has 152 valence electrons. The molecule has 1 fully saturated rings. The van der Waals surface area contributed by atoms with Gasteiger partial charge in [-0.15, -0.1) is 0 Å². The number of aromatic nitrogens is 1. The molecule has 1 aromatic carbocycles. The number of nitriles is 1. The topological polar surface area (TPSA) is 52.2 Å². The number of phenolic OH excluding ortho intramolecular Hbond substituents is 1. The highest BCUT2D eigenvalue weighted by molar-refractivity contribution is 5.94. The molecule has 1 aromatic heterocycles. The van der Waals surface area contributed by atoms with Gasteiger partial charge in [-0.3, -0.25) is 0 Å². The highest BCUT2D eigenvalue weighted by Crippen LogP contribution is 2.44. The van der Waals surface area contributed by atoms with Crippen LogP contribution in [0.15, 0.2) is 30.4 Å². The minimum absolute atomic E-state index is 0.0735. The summed E-state index contributed by atoms with van der Waals surface area (Å²) in [6.45, 7) is 3.04. The lowest BCUT2D eigenvalue weighted by Crippen LogP contribution is -2.43. The van der Waals surface area contributed by atoms with Crippen LogP contribution in [0.4, 0.5) is 13.2 Å². The standard InChI is InChI=1S/C22H22F3N3O/c1-13-10-19-16(11-20(13)29)17(12-26)21(28(19)15-6-5-7-15)18-8-3-4-9-27(18)14(2)22(23,24)25/h3-4,8,10-11,14-15,29H,5-7,9H2,1-2H3/t14-/m0/s1. The van der Waals surface area contributed by atoms with E-state index in [1.165, 1.54) is 4.90 Å². The van der Waals surface area contributed by atoms with Gasteiger partial charge in [-0.1, -0.05) is 12.2 Å². The van der Waals surface area contributed by atoms with Gasteiger partial charge in [0.25, 0.3) is 0 Å². The van der Waals surface area contributed by atoms with Gasteiger partial charge in [0.1, 0.15) is 17.9 Å². The van der Waals surface area contributed by atoms with Crippen LogP contribution >= 0.6 is 0 Å². The first kappa shape index (κ1) is 19.4. The van der Waals surface area contributed by atoms with E-state index in [0.29, 0.717) is 27.9 Å². The number of hydrogen-bond donors (Lipinski definition) is 1. The van der Waals surface area contributed by atoms with Crippen LogP contribution in [-0.4, -0.2) is 33.3 Å². The first-order chi connectivity index (χ1) is 13.7. The molecule has 4 nitrogen and oxygen atoms in total. The quantitative estimate of drug-likeness (QED) is 0.748. The molecule has 1 aliphatic heterocycles. The van der Waals surface area contributed by atoms with E-state index >= 15 is 0 Å². The SMILES string of the molecule is Cc1cc2c(cc1O)c(C#N)c(C1=CC=CCN1[C@@H](C)C(F)(F)F)n2C1CCC1. The Morgan fingerprint density at radius 1 is 1.28 bits per heavy atom. The maximum absolute atomic E-state index is 13.6. The number of hydrogen-bond acceptors (Lipinski definition) is 3. The largest absolute Gasteiger partial charge is 0.508 e. The van der Waals surface area contributed by atoms with Crippen molar-refractivity contribution >= 4 is 16.6 Å². The zero-order valence-corrected chi connectivity index (χ0v) is 16.3. The molecule has 0 unspecified atom stereocenters. The molecular weight excluding hydrogens is 379 g/mol. The van der Waals surface area contributed by atoms with Crippen molar-refractivity contribution in [3.63, 3.8) is 0 Å². The van der Waals surface area contributed by atoms with Crippen molar-refractivity contribution in [1.29, 1.82) is 5.26 Å². The highest BCUT2D eigenvalue weighted by atomic mass is 19.4. The zero-order chi connectivity index (χ0) is 20.9. The molecule has 0 radical (unpaired) electrons. The lowest BCUT2D eigenvalue weighted by Gasteiger charge is -2.37. The lowest BCUT2D eigenvalue weighted by molar-refractivity contribution is -0.169. The number of halogens is 3. The summed E-state index contributed by atoms with van der Waals surface area (Å²) in [5.41, 5.74) is 2.67. The Hall–Kier alpha value is -2.88. The fraction of sp³-hybridized carbons (Fsp3) is 0.409.